The van der Waals surface area contributed by atoms with Gasteiger partial charge in [0.05, 0.1) is 28.8 Å². The fourth-order valence-electron chi connectivity index (χ4n) is 3.30. The molecule has 0 unspecified atom stereocenters. The molecule has 0 saturated heterocycles. The topological polar surface area (TPSA) is 81.4 Å². The second kappa shape index (κ2) is 9.20. The molecule has 0 radical (unpaired) electrons. The van der Waals surface area contributed by atoms with Gasteiger partial charge in [-0.1, -0.05) is 34.1 Å². The lowest BCUT2D eigenvalue weighted by Crippen LogP contribution is -2.22. The standard InChI is InChI=1S/C25H19BrN2O4/c1-2-32-25(31)17-7-10-19(11-8-17)28-23(13-6-16-4-3-5-20(29)14-16)27-22-12-9-18(26)15-21(22)24(28)30/h3-15,29H,2H2,1H3/b13-6+. The Bertz CT molecular complexity index is 1390. The number of esters is 1. The maximum atomic E-state index is 13.4. The Morgan fingerprint density at radius 1 is 1.09 bits per heavy atom. The van der Waals surface area contributed by atoms with E-state index in [-0.39, 0.29) is 17.9 Å². The second-order valence-corrected chi connectivity index (χ2v) is 7.88. The molecule has 6 nitrogen and oxygen atoms in total. The molecule has 0 saturated carbocycles. The van der Waals surface area contributed by atoms with Gasteiger partial charge in [0.15, 0.2) is 0 Å². The van der Waals surface area contributed by atoms with Crippen LogP contribution in [0, 0.1) is 0 Å². The smallest absolute Gasteiger partial charge is 0.338 e. The van der Waals surface area contributed by atoms with Crippen molar-refractivity contribution < 1.29 is 14.6 Å². The first-order chi connectivity index (χ1) is 15.5. The maximum Gasteiger partial charge on any atom is 0.338 e. The zero-order chi connectivity index (χ0) is 22.7. The SMILES string of the molecule is CCOC(=O)c1ccc(-n2c(/C=C/c3cccc(O)c3)nc3ccc(Br)cc3c2=O)cc1. The van der Waals surface area contributed by atoms with Crippen molar-refractivity contribution in [2.45, 2.75) is 6.92 Å². The predicted octanol–water partition coefficient (Wildman–Crippen LogP) is 5.20. The average molecular weight is 491 g/mol. The number of hydrogen-bond acceptors (Lipinski definition) is 5. The van der Waals surface area contributed by atoms with Crippen molar-refractivity contribution in [3.05, 3.63) is 98.5 Å². The van der Waals surface area contributed by atoms with Crippen LogP contribution in [-0.4, -0.2) is 27.2 Å². The van der Waals surface area contributed by atoms with Crippen molar-refractivity contribution in [2.75, 3.05) is 6.61 Å². The molecular formula is C25H19BrN2O4. The first-order valence-electron chi connectivity index (χ1n) is 9.93. The van der Waals surface area contributed by atoms with Crippen LogP contribution in [0.5, 0.6) is 5.75 Å². The van der Waals surface area contributed by atoms with E-state index in [1.54, 1.807) is 73.7 Å². The number of aromatic nitrogens is 2. The van der Waals surface area contributed by atoms with E-state index in [1.165, 1.54) is 4.57 Å². The number of phenolic OH excluding ortho intramolecular Hbond substituents is 1. The van der Waals surface area contributed by atoms with Gasteiger partial charge in [0, 0.05) is 4.47 Å². The number of halogens is 1. The number of hydrogen-bond donors (Lipinski definition) is 1. The molecule has 1 aromatic heterocycles. The molecule has 7 heteroatoms. The number of phenols is 1. The summed E-state index contributed by atoms with van der Waals surface area (Å²) in [5.74, 6) is 0.142. The molecule has 0 spiro atoms. The summed E-state index contributed by atoms with van der Waals surface area (Å²) in [6, 6.07) is 18.7. The van der Waals surface area contributed by atoms with Gasteiger partial charge in [0.1, 0.15) is 11.6 Å². The zero-order valence-corrected chi connectivity index (χ0v) is 18.7. The van der Waals surface area contributed by atoms with Crippen LogP contribution < -0.4 is 5.56 Å². The Labute approximate surface area is 192 Å². The molecule has 1 N–H and O–H groups in total. The Morgan fingerprint density at radius 3 is 2.59 bits per heavy atom. The molecule has 0 atom stereocenters. The molecule has 0 bridgehead atoms. The van der Waals surface area contributed by atoms with Crippen LogP contribution in [0.4, 0.5) is 0 Å². The first-order valence-corrected chi connectivity index (χ1v) is 10.7. The molecule has 4 aromatic rings. The lowest BCUT2D eigenvalue weighted by Gasteiger charge is -2.12. The largest absolute Gasteiger partial charge is 0.508 e. The van der Waals surface area contributed by atoms with Crippen molar-refractivity contribution >= 4 is 45.0 Å². The monoisotopic (exact) mass is 490 g/mol. The highest BCUT2D eigenvalue weighted by Crippen LogP contribution is 2.20. The minimum absolute atomic E-state index is 0.149. The van der Waals surface area contributed by atoms with Crippen molar-refractivity contribution in [3.8, 4) is 11.4 Å². The molecule has 4 rings (SSSR count). The predicted molar refractivity (Wildman–Crippen MR) is 128 cm³/mol. The highest BCUT2D eigenvalue weighted by atomic mass is 79.9. The van der Waals surface area contributed by atoms with E-state index in [4.69, 9.17) is 4.74 Å². The van der Waals surface area contributed by atoms with Gasteiger partial charge in [0.25, 0.3) is 5.56 Å². The Balaban J connectivity index is 1.87. The molecular weight excluding hydrogens is 472 g/mol. The molecule has 1 heterocycles. The molecule has 3 aromatic carbocycles. The van der Waals surface area contributed by atoms with Crippen LogP contribution in [0.25, 0.3) is 28.7 Å². The minimum atomic E-state index is -0.420. The van der Waals surface area contributed by atoms with Gasteiger partial charge in [0.2, 0.25) is 0 Å². The maximum absolute atomic E-state index is 13.4. The highest BCUT2D eigenvalue weighted by Gasteiger charge is 2.13. The van der Waals surface area contributed by atoms with Crippen LogP contribution >= 0.6 is 15.9 Å². The molecule has 0 aliphatic carbocycles. The van der Waals surface area contributed by atoms with Gasteiger partial charge >= 0.3 is 5.97 Å². The van der Waals surface area contributed by atoms with Crippen molar-refractivity contribution in [2.24, 2.45) is 0 Å². The summed E-state index contributed by atoms with van der Waals surface area (Å²) < 4.78 is 7.30. The lowest BCUT2D eigenvalue weighted by atomic mass is 10.1. The number of carbonyl (C=O) groups is 1. The molecule has 0 fully saturated rings. The van der Waals surface area contributed by atoms with Crippen molar-refractivity contribution in [1.29, 1.82) is 0 Å². The third-order valence-electron chi connectivity index (χ3n) is 4.79. The van der Waals surface area contributed by atoms with E-state index in [0.717, 1.165) is 10.0 Å². The van der Waals surface area contributed by atoms with Gasteiger partial charge in [-0.25, -0.2) is 9.78 Å². The number of rotatable bonds is 5. The van der Waals surface area contributed by atoms with Crippen molar-refractivity contribution in [3.63, 3.8) is 0 Å². The number of nitrogens with zero attached hydrogens (tertiary/aromatic N) is 2. The number of aromatic hydroxyl groups is 1. The van der Waals surface area contributed by atoms with Gasteiger partial charge < -0.3 is 9.84 Å². The summed E-state index contributed by atoms with van der Waals surface area (Å²) in [7, 11) is 0. The van der Waals surface area contributed by atoms with Gasteiger partial charge in [-0.15, -0.1) is 0 Å². The van der Waals surface area contributed by atoms with Gasteiger partial charge in [-0.2, -0.15) is 0 Å². The molecule has 32 heavy (non-hydrogen) atoms. The average Bonchev–Trinajstić information content (AvgIpc) is 2.79. The van der Waals surface area contributed by atoms with Gasteiger partial charge in [-0.3, -0.25) is 9.36 Å². The normalized spacial score (nSPS) is 11.2. The van der Waals surface area contributed by atoms with E-state index >= 15 is 0 Å². The number of benzene rings is 3. The molecule has 0 aliphatic rings. The highest BCUT2D eigenvalue weighted by molar-refractivity contribution is 9.10. The van der Waals surface area contributed by atoms with Crippen LogP contribution in [-0.2, 0) is 4.74 Å². The van der Waals surface area contributed by atoms with E-state index in [0.29, 0.717) is 28.0 Å². The lowest BCUT2D eigenvalue weighted by molar-refractivity contribution is 0.0526. The zero-order valence-electron chi connectivity index (χ0n) is 17.2. The van der Waals surface area contributed by atoms with Crippen LogP contribution in [0.2, 0.25) is 0 Å². The quantitative estimate of drug-likeness (QED) is 0.388. The number of fused-ring (bicyclic) bond motifs is 1. The van der Waals surface area contributed by atoms with Crippen molar-refractivity contribution in [1.82, 2.24) is 9.55 Å². The van der Waals surface area contributed by atoms with Crippen LogP contribution in [0.3, 0.4) is 0 Å². The second-order valence-electron chi connectivity index (χ2n) is 6.97. The first kappa shape index (κ1) is 21.5. The summed E-state index contributed by atoms with van der Waals surface area (Å²) in [5.41, 5.74) is 2.05. The summed E-state index contributed by atoms with van der Waals surface area (Å²) >= 11 is 3.41. The third kappa shape index (κ3) is 4.48. The number of ether oxygens (including phenoxy) is 1. The summed E-state index contributed by atoms with van der Waals surface area (Å²) in [5, 5.41) is 10.2. The minimum Gasteiger partial charge on any atom is -0.508 e. The van der Waals surface area contributed by atoms with E-state index in [1.807, 2.05) is 12.1 Å². The Kier molecular flexibility index (Phi) is 6.18. The van der Waals surface area contributed by atoms with Gasteiger partial charge in [-0.05, 0) is 73.2 Å². The van der Waals surface area contributed by atoms with E-state index in [2.05, 4.69) is 20.9 Å². The van der Waals surface area contributed by atoms with E-state index < -0.39 is 5.97 Å². The summed E-state index contributed by atoms with van der Waals surface area (Å²) in [6.45, 7) is 2.03. The summed E-state index contributed by atoms with van der Waals surface area (Å²) in [6.07, 6.45) is 3.49. The summed E-state index contributed by atoms with van der Waals surface area (Å²) in [4.78, 5) is 30.1. The number of carbonyl (C=O) groups excluding carboxylic acids is 1. The fourth-order valence-corrected chi connectivity index (χ4v) is 3.66. The Hall–Kier alpha value is -3.71. The third-order valence-corrected chi connectivity index (χ3v) is 5.28. The Morgan fingerprint density at radius 2 is 1.88 bits per heavy atom. The molecule has 160 valence electrons. The molecule has 0 aliphatic heterocycles. The van der Waals surface area contributed by atoms with Crippen LogP contribution in [0.15, 0.2) is 76.0 Å². The van der Waals surface area contributed by atoms with Crippen LogP contribution in [0.1, 0.15) is 28.7 Å². The van der Waals surface area contributed by atoms with E-state index in [9.17, 15) is 14.7 Å². The fraction of sp³-hybridized carbons (Fsp3) is 0.0800. The molecule has 0 amide bonds.